The number of phenolic OH excluding ortho intramolecular Hbond substituents is 1. The van der Waals surface area contributed by atoms with Crippen molar-refractivity contribution in [3.63, 3.8) is 0 Å². The fraction of sp³-hybridized carbons (Fsp3) is 0.468. The largest absolute Gasteiger partial charge is 0.508 e. The second-order valence-corrected chi connectivity index (χ2v) is 16.9. The summed E-state index contributed by atoms with van der Waals surface area (Å²) in [6.07, 6.45) is -1.12. The molecular weight excluding hydrogens is 753 g/mol. The number of fused-ring (bicyclic) bond motifs is 8. The van der Waals surface area contributed by atoms with Gasteiger partial charge in [0.2, 0.25) is 0 Å². The highest BCUT2D eigenvalue weighted by atomic mass is 16.6. The number of hydrogen-bond acceptors (Lipinski definition) is 12. The minimum Gasteiger partial charge on any atom is -0.508 e. The van der Waals surface area contributed by atoms with E-state index in [1.807, 2.05) is 30.3 Å². The molecule has 3 heterocycles. The first-order chi connectivity index (χ1) is 28.2. The van der Waals surface area contributed by atoms with E-state index < -0.39 is 59.7 Å². The summed E-state index contributed by atoms with van der Waals surface area (Å²) in [5.41, 5.74) is 2.86. The molecule has 0 unspecified atom stereocenters. The van der Waals surface area contributed by atoms with Gasteiger partial charge >= 0.3 is 11.9 Å². The second-order valence-electron chi connectivity index (χ2n) is 16.9. The van der Waals surface area contributed by atoms with Crippen LogP contribution in [-0.2, 0) is 38.4 Å². The van der Waals surface area contributed by atoms with Crippen molar-refractivity contribution in [2.75, 3.05) is 25.5 Å². The van der Waals surface area contributed by atoms with Gasteiger partial charge in [-0.2, -0.15) is 0 Å². The maximum absolute atomic E-state index is 14.8. The zero-order valence-electron chi connectivity index (χ0n) is 33.7. The van der Waals surface area contributed by atoms with Gasteiger partial charge in [-0.05, 0) is 105 Å². The number of esters is 2. The molecule has 0 radical (unpaired) electrons. The van der Waals surface area contributed by atoms with Crippen molar-refractivity contribution in [2.45, 2.75) is 107 Å². The van der Waals surface area contributed by atoms with Crippen LogP contribution in [0.5, 0.6) is 11.5 Å². The SMILES string of the molecule is CNC[C@H](O)c1cc(NC[C@H](C)O)cc([C@@H]2C#C[C@H]3CC(=O)Oc4cc(O)c(cc43)C[C@H]3OC(=O)/C(=C\[C@H](O)Cc4cccc(c4)C[C@@H]4C[C@H](CCC4=O)[C@]3(C)O)C2)c1. The average molecular weight is 807 g/mol. The van der Waals surface area contributed by atoms with Crippen molar-refractivity contribution in [2.24, 2.45) is 11.8 Å². The predicted octanol–water partition coefficient (Wildman–Crippen LogP) is 4.30. The van der Waals surface area contributed by atoms with E-state index in [9.17, 15) is 39.9 Å². The Morgan fingerprint density at radius 3 is 2.46 bits per heavy atom. The molecule has 0 saturated heterocycles. The highest BCUT2D eigenvalue weighted by Gasteiger charge is 2.46. The van der Waals surface area contributed by atoms with Crippen LogP contribution in [0.2, 0.25) is 0 Å². The molecule has 9 atom stereocenters. The van der Waals surface area contributed by atoms with Crippen LogP contribution in [0.15, 0.2) is 66.2 Å². The summed E-state index contributed by atoms with van der Waals surface area (Å²) in [7, 11) is 1.73. The first-order valence-corrected chi connectivity index (χ1v) is 20.6. The van der Waals surface area contributed by atoms with Gasteiger partial charge in [-0.1, -0.05) is 42.2 Å². The standard InChI is InChI=1S/C47H54N2O10/c1-26(50)24-49-37-17-31(15-33(18-37)42(54)25-48-3)29-7-8-30-22-45(55)58-43-23-41(53)34(20-39(30)43)21-44-47(2,57)36-9-10-40(52)32(16-36)12-27-5-4-6-28(11-27)13-38(51)19-35(14-29)46(56)59-44/h4-6,11,15,17-20,23,26,29-30,32,36,38,42,44,48-51,53-54,57H,9-10,12-14,16,21-22,24-25H2,1-3H3/b35-19-/t26-,29+,30-,32+,36-,38+,42-,44+,47-/m0/s1. The number of rotatable bonds is 7. The maximum atomic E-state index is 14.8. The van der Waals surface area contributed by atoms with Gasteiger partial charge in [0.1, 0.15) is 29.0 Å². The van der Waals surface area contributed by atoms with Gasteiger partial charge in [0.25, 0.3) is 0 Å². The lowest BCUT2D eigenvalue weighted by molar-refractivity contribution is -0.170. The number of anilines is 1. The van der Waals surface area contributed by atoms with Gasteiger partial charge in [0.15, 0.2) is 0 Å². The molecule has 7 N–H and O–H groups in total. The number of aliphatic hydroxyl groups excluding tert-OH is 3. The summed E-state index contributed by atoms with van der Waals surface area (Å²) in [6, 6.07) is 16.2. The third kappa shape index (κ3) is 9.72. The number of benzene rings is 3. The Balaban J connectivity index is 1.42. The summed E-state index contributed by atoms with van der Waals surface area (Å²) in [4.78, 5) is 41.0. The molecule has 12 nitrogen and oxygen atoms in total. The zero-order chi connectivity index (χ0) is 42.0. The van der Waals surface area contributed by atoms with Crippen LogP contribution in [0.25, 0.3) is 0 Å². The molecule has 1 fully saturated rings. The minimum atomic E-state index is -1.67. The molecule has 3 aromatic rings. The summed E-state index contributed by atoms with van der Waals surface area (Å²) >= 11 is 0. The van der Waals surface area contributed by atoms with Gasteiger partial charge in [-0.15, -0.1) is 0 Å². The van der Waals surface area contributed by atoms with Crippen molar-refractivity contribution in [1.29, 1.82) is 0 Å². The number of ketones is 1. The van der Waals surface area contributed by atoms with Crippen LogP contribution in [0.1, 0.15) is 97.3 Å². The number of phenols is 1. The number of carbonyl (C=O) groups is 3. The van der Waals surface area contributed by atoms with Gasteiger partial charge in [-0.3, -0.25) is 9.59 Å². The lowest BCUT2D eigenvalue weighted by Gasteiger charge is -2.42. The fourth-order valence-electron chi connectivity index (χ4n) is 8.95. The van der Waals surface area contributed by atoms with E-state index in [-0.39, 0.29) is 74.0 Å². The third-order valence-electron chi connectivity index (χ3n) is 12.3. The van der Waals surface area contributed by atoms with E-state index in [2.05, 4.69) is 22.5 Å². The Morgan fingerprint density at radius 1 is 0.932 bits per heavy atom. The van der Waals surface area contributed by atoms with E-state index in [1.54, 1.807) is 39.1 Å². The van der Waals surface area contributed by atoms with Crippen LogP contribution in [0.3, 0.4) is 0 Å². The van der Waals surface area contributed by atoms with Crippen LogP contribution in [0, 0.1) is 23.7 Å². The Morgan fingerprint density at radius 2 is 1.69 bits per heavy atom. The number of ether oxygens (including phenoxy) is 2. The van der Waals surface area contributed by atoms with Gasteiger partial charge in [0.05, 0.1) is 30.7 Å². The number of aliphatic hydroxyl groups is 4. The molecule has 4 aliphatic rings. The molecule has 8 bridgehead atoms. The minimum absolute atomic E-state index is 0.0634. The molecule has 1 saturated carbocycles. The molecule has 0 aromatic heterocycles. The molecule has 0 spiro atoms. The summed E-state index contributed by atoms with van der Waals surface area (Å²) in [5.74, 6) is 3.13. The van der Waals surface area contributed by atoms with Crippen LogP contribution >= 0.6 is 0 Å². The van der Waals surface area contributed by atoms with Crippen LogP contribution in [-0.4, -0.2) is 87.3 Å². The molecule has 3 aromatic carbocycles. The molecular formula is C47H54N2O10. The lowest BCUT2D eigenvalue weighted by atomic mass is 9.68. The predicted molar refractivity (Wildman–Crippen MR) is 220 cm³/mol. The van der Waals surface area contributed by atoms with E-state index in [4.69, 9.17) is 9.47 Å². The van der Waals surface area contributed by atoms with Gasteiger partial charge in [0, 0.05) is 67.1 Å². The van der Waals surface area contributed by atoms with Crippen molar-refractivity contribution in [3.05, 3.63) is 99.6 Å². The number of carbonyl (C=O) groups excluding carboxylic acids is 3. The van der Waals surface area contributed by atoms with Crippen LogP contribution in [0.4, 0.5) is 5.69 Å². The second kappa shape index (κ2) is 17.7. The Bertz CT molecular complexity index is 2180. The number of aromatic hydroxyl groups is 1. The molecule has 59 heavy (non-hydrogen) atoms. The Kier molecular flexibility index (Phi) is 12.6. The average Bonchev–Trinajstić information content (AvgIpc) is 3.19. The highest BCUT2D eigenvalue weighted by molar-refractivity contribution is 5.89. The first-order valence-electron chi connectivity index (χ1n) is 20.6. The maximum Gasteiger partial charge on any atom is 0.334 e. The quantitative estimate of drug-likeness (QED) is 0.102. The number of Topliss-reactive ketones (excluding diaryl/α,β-unsaturated/α-hetero) is 1. The van der Waals surface area contributed by atoms with E-state index in [0.29, 0.717) is 47.2 Å². The smallest absolute Gasteiger partial charge is 0.334 e. The number of nitrogens with one attached hydrogen (secondary N) is 2. The van der Waals surface area contributed by atoms with Crippen LogP contribution < -0.4 is 15.4 Å². The Labute approximate surface area is 344 Å². The third-order valence-corrected chi connectivity index (χ3v) is 12.3. The van der Waals surface area contributed by atoms with Crippen molar-refractivity contribution < 1.29 is 49.4 Å². The summed E-state index contributed by atoms with van der Waals surface area (Å²) < 4.78 is 12.0. The van der Waals surface area contributed by atoms with Crippen molar-refractivity contribution >= 4 is 23.4 Å². The van der Waals surface area contributed by atoms with Crippen molar-refractivity contribution in [3.8, 4) is 23.3 Å². The molecule has 3 aliphatic heterocycles. The molecule has 312 valence electrons. The first kappa shape index (κ1) is 42.1. The van der Waals surface area contributed by atoms with E-state index in [1.165, 1.54) is 12.1 Å². The number of hydrogen-bond donors (Lipinski definition) is 7. The Hall–Kier alpha value is -5.03. The normalized spacial score (nSPS) is 28.9. The molecule has 12 heteroatoms. The summed E-state index contributed by atoms with van der Waals surface area (Å²) in [5, 5.41) is 63.1. The highest BCUT2D eigenvalue weighted by Crippen LogP contribution is 2.43. The molecule has 1 aliphatic carbocycles. The van der Waals surface area contributed by atoms with Gasteiger partial charge < -0.3 is 45.6 Å². The summed E-state index contributed by atoms with van der Waals surface area (Å²) in [6.45, 7) is 3.73. The zero-order valence-corrected chi connectivity index (χ0v) is 33.7. The molecule has 7 rings (SSSR count). The van der Waals surface area contributed by atoms with E-state index >= 15 is 0 Å². The van der Waals surface area contributed by atoms with Crippen molar-refractivity contribution in [1.82, 2.24) is 5.32 Å². The topological polar surface area (TPSA) is 195 Å². The monoisotopic (exact) mass is 806 g/mol. The molecule has 0 amide bonds. The fourth-order valence-corrected chi connectivity index (χ4v) is 8.95. The van der Waals surface area contributed by atoms with Gasteiger partial charge in [-0.25, -0.2) is 4.79 Å². The van der Waals surface area contributed by atoms with E-state index in [0.717, 1.165) is 11.1 Å². The number of likely N-dealkylation sites (N-methyl/N-ethyl adjacent to an activating group) is 1. The lowest BCUT2D eigenvalue weighted by Crippen LogP contribution is -2.52.